The molecular formula is C27H29ClF3N5O2. The fourth-order valence-corrected chi connectivity index (χ4v) is 5.29. The van der Waals surface area contributed by atoms with Gasteiger partial charge in [0.05, 0.1) is 10.9 Å². The molecule has 0 spiro atoms. The maximum Gasteiger partial charge on any atom is 0.391 e. The third-order valence-corrected chi connectivity index (χ3v) is 7.37. The molecule has 38 heavy (non-hydrogen) atoms. The van der Waals surface area contributed by atoms with Crippen molar-refractivity contribution in [3.63, 3.8) is 0 Å². The van der Waals surface area contributed by atoms with E-state index in [0.29, 0.717) is 17.3 Å². The molecule has 2 aromatic heterocycles. The van der Waals surface area contributed by atoms with Crippen molar-refractivity contribution in [1.82, 2.24) is 20.1 Å². The van der Waals surface area contributed by atoms with Crippen molar-refractivity contribution < 1.29 is 22.8 Å². The van der Waals surface area contributed by atoms with Crippen molar-refractivity contribution in [1.29, 1.82) is 0 Å². The molecule has 1 saturated carbocycles. The standard InChI is InChI=1S/C27H29ClF3N5O2/c1-3-36-22(13-15-33-36)25(37)35-24(18-4-8-19(9-5-18)27(29,30)31)26(38)34-20-10-6-17(7-11-20)23-16(2)32-14-12-21(23)28/h6-7,10-15,18-19,24H,3-5,8-9H2,1-2H3,(H,34,38)(H,35,37). The Bertz CT molecular complexity index is 1260. The lowest BCUT2D eigenvalue weighted by molar-refractivity contribution is -0.184. The minimum Gasteiger partial charge on any atom is -0.339 e. The first-order valence-electron chi connectivity index (χ1n) is 12.5. The number of hydrogen-bond acceptors (Lipinski definition) is 4. The fraction of sp³-hybridized carbons (Fsp3) is 0.407. The van der Waals surface area contributed by atoms with Gasteiger partial charge in [-0.05, 0) is 75.3 Å². The summed E-state index contributed by atoms with van der Waals surface area (Å²) in [4.78, 5) is 30.7. The number of aromatic nitrogens is 3. The summed E-state index contributed by atoms with van der Waals surface area (Å²) in [6, 6.07) is 9.25. The number of pyridine rings is 1. The molecule has 0 radical (unpaired) electrons. The molecule has 4 rings (SSSR count). The topological polar surface area (TPSA) is 88.9 Å². The number of hydrogen-bond donors (Lipinski definition) is 2. The van der Waals surface area contributed by atoms with Gasteiger partial charge in [-0.15, -0.1) is 0 Å². The summed E-state index contributed by atoms with van der Waals surface area (Å²) in [5.41, 5.74) is 3.13. The van der Waals surface area contributed by atoms with E-state index < -0.39 is 35.9 Å². The molecule has 7 nitrogen and oxygen atoms in total. The lowest BCUT2D eigenvalue weighted by Crippen LogP contribution is -2.50. The highest BCUT2D eigenvalue weighted by atomic mass is 35.5. The van der Waals surface area contributed by atoms with Crippen LogP contribution in [0.3, 0.4) is 0 Å². The van der Waals surface area contributed by atoms with Gasteiger partial charge >= 0.3 is 6.18 Å². The molecule has 1 atom stereocenters. The predicted molar refractivity (Wildman–Crippen MR) is 139 cm³/mol. The Hall–Kier alpha value is -3.40. The molecule has 11 heteroatoms. The summed E-state index contributed by atoms with van der Waals surface area (Å²) in [5.74, 6) is -2.82. The number of carbonyl (C=O) groups is 2. The van der Waals surface area contributed by atoms with Crippen LogP contribution in [0, 0.1) is 18.8 Å². The van der Waals surface area contributed by atoms with Crippen LogP contribution in [-0.4, -0.2) is 38.8 Å². The van der Waals surface area contributed by atoms with Crippen LogP contribution in [0.1, 0.15) is 48.8 Å². The number of carbonyl (C=O) groups excluding carboxylic acids is 2. The van der Waals surface area contributed by atoms with Crippen molar-refractivity contribution in [2.45, 2.75) is 58.3 Å². The average molecular weight is 548 g/mol. The van der Waals surface area contributed by atoms with E-state index in [1.54, 1.807) is 42.6 Å². The number of nitrogens with one attached hydrogen (secondary N) is 2. The third-order valence-electron chi connectivity index (χ3n) is 7.05. The molecule has 1 aromatic carbocycles. The highest BCUT2D eigenvalue weighted by Crippen LogP contribution is 2.40. The van der Waals surface area contributed by atoms with E-state index in [4.69, 9.17) is 11.6 Å². The first kappa shape index (κ1) is 27.6. The zero-order valence-corrected chi connectivity index (χ0v) is 21.8. The summed E-state index contributed by atoms with van der Waals surface area (Å²) in [6.07, 6.45) is -0.974. The lowest BCUT2D eigenvalue weighted by atomic mass is 9.78. The first-order chi connectivity index (χ1) is 18.1. The molecule has 0 aliphatic heterocycles. The minimum atomic E-state index is -4.27. The Morgan fingerprint density at radius 3 is 2.37 bits per heavy atom. The summed E-state index contributed by atoms with van der Waals surface area (Å²) < 4.78 is 41.2. The van der Waals surface area contributed by atoms with Gasteiger partial charge in [0.25, 0.3) is 5.91 Å². The normalized spacial score (nSPS) is 18.6. The van der Waals surface area contributed by atoms with E-state index in [9.17, 15) is 22.8 Å². The molecule has 202 valence electrons. The summed E-state index contributed by atoms with van der Waals surface area (Å²) in [7, 11) is 0. The Kier molecular flexibility index (Phi) is 8.40. The number of alkyl halides is 3. The van der Waals surface area contributed by atoms with E-state index in [-0.39, 0.29) is 31.4 Å². The summed E-state index contributed by atoms with van der Waals surface area (Å²) >= 11 is 6.34. The molecule has 3 aromatic rings. The van der Waals surface area contributed by atoms with Crippen LogP contribution in [0.2, 0.25) is 5.02 Å². The molecule has 1 aliphatic carbocycles. The largest absolute Gasteiger partial charge is 0.391 e. The van der Waals surface area contributed by atoms with Gasteiger partial charge in [0.15, 0.2) is 0 Å². The van der Waals surface area contributed by atoms with Gasteiger partial charge in [0, 0.05) is 35.9 Å². The van der Waals surface area contributed by atoms with Crippen LogP contribution < -0.4 is 10.6 Å². The number of nitrogens with zero attached hydrogens (tertiary/aromatic N) is 3. The van der Waals surface area contributed by atoms with Gasteiger partial charge in [0.1, 0.15) is 11.7 Å². The van der Waals surface area contributed by atoms with Crippen molar-refractivity contribution in [2.24, 2.45) is 11.8 Å². The van der Waals surface area contributed by atoms with Crippen LogP contribution in [0.15, 0.2) is 48.8 Å². The minimum absolute atomic E-state index is 0.0827. The summed E-state index contributed by atoms with van der Waals surface area (Å²) in [5, 5.41) is 10.2. The first-order valence-corrected chi connectivity index (χ1v) is 12.9. The van der Waals surface area contributed by atoms with Crippen molar-refractivity contribution in [2.75, 3.05) is 5.32 Å². The van der Waals surface area contributed by atoms with Gasteiger partial charge in [-0.2, -0.15) is 18.3 Å². The number of rotatable bonds is 7. The van der Waals surface area contributed by atoms with Crippen LogP contribution in [0.4, 0.5) is 18.9 Å². The Morgan fingerprint density at radius 1 is 1.08 bits per heavy atom. The number of amides is 2. The van der Waals surface area contributed by atoms with E-state index in [1.807, 2.05) is 13.8 Å². The van der Waals surface area contributed by atoms with Gasteiger partial charge in [-0.25, -0.2) is 0 Å². The SMILES string of the molecule is CCn1nccc1C(=O)NC(C(=O)Nc1ccc(-c2c(Cl)ccnc2C)cc1)C1CCC(C(F)(F)F)CC1. The number of anilines is 1. The molecule has 0 saturated heterocycles. The van der Waals surface area contributed by atoms with Crippen molar-refractivity contribution >= 4 is 29.1 Å². The molecule has 2 N–H and O–H groups in total. The zero-order valence-electron chi connectivity index (χ0n) is 21.1. The van der Waals surface area contributed by atoms with Gasteiger partial charge in [0.2, 0.25) is 5.91 Å². The van der Waals surface area contributed by atoms with Crippen molar-refractivity contribution in [3.05, 3.63) is 65.2 Å². The predicted octanol–water partition coefficient (Wildman–Crippen LogP) is 6.03. The third kappa shape index (κ3) is 6.18. The van der Waals surface area contributed by atoms with Gasteiger partial charge < -0.3 is 10.6 Å². The molecule has 1 aliphatic rings. The van der Waals surface area contributed by atoms with Gasteiger partial charge in [-0.1, -0.05) is 23.7 Å². The number of halogens is 4. The van der Waals surface area contributed by atoms with E-state index >= 15 is 0 Å². The highest BCUT2D eigenvalue weighted by Gasteiger charge is 2.44. The second-order valence-electron chi connectivity index (χ2n) is 9.46. The van der Waals surface area contributed by atoms with Crippen LogP contribution in [0.5, 0.6) is 0 Å². The quantitative estimate of drug-likeness (QED) is 0.378. The molecule has 2 amide bonds. The maximum absolute atomic E-state index is 13.4. The van der Waals surface area contributed by atoms with Crippen LogP contribution in [-0.2, 0) is 11.3 Å². The second-order valence-corrected chi connectivity index (χ2v) is 9.86. The highest BCUT2D eigenvalue weighted by molar-refractivity contribution is 6.33. The average Bonchev–Trinajstić information content (AvgIpc) is 3.37. The Balaban J connectivity index is 1.53. The van der Waals surface area contributed by atoms with E-state index in [2.05, 4.69) is 20.7 Å². The fourth-order valence-electron chi connectivity index (χ4n) is 4.99. The number of aryl methyl sites for hydroxylation is 2. The van der Waals surface area contributed by atoms with Crippen molar-refractivity contribution in [3.8, 4) is 11.1 Å². The molecule has 1 fully saturated rings. The molecule has 0 bridgehead atoms. The van der Waals surface area contributed by atoms with E-state index in [0.717, 1.165) is 16.8 Å². The molecule has 2 heterocycles. The van der Waals surface area contributed by atoms with Gasteiger partial charge in [-0.3, -0.25) is 19.3 Å². The smallest absolute Gasteiger partial charge is 0.339 e. The van der Waals surface area contributed by atoms with Crippen LogP contribution >= 0.6 is 11.6 Å². The molecule has 1 unspecified atom stereocenters. The van der Waals surface area contributed by atoms with E-state index in [1.165, 1.54) is 10.9 Å². The Morgan fingerprint density at radius 2 is 1.76 bits per heavy atom. The zero-order chi connectivity index (χ0) is 27.4. The number of benzene rings is 1. The van der Waals surface area contributed by atoms with Crippen LogP contribution in [0.25, 0.3) is 11.1 Å². The second kappa shape index (κ2) is 11.6. The monoisotopic (exact) mass is 547 g/mol. The lowest BCUT2D eigenvalue weighted by Gasteiger charge is -2.34. The maximum atomic E-state index is 13.4. The molecular weight excluding hydrogens is 519 g/mol. The Labute approximate surface area is 223 Å². The summed E-state index contributed by atoms with van der Waals surface area (Å²) in [6.45, 7) is 4.13.